The first-order valence-electron chi connectivity index (χ1n) is 1.63. The van der Waals surface area contributed by atoms with Gasteiger partial charge in [0.2, 0.25) is 0 Å². The summed E-state index contributed by atoms with van der Waals surface area (Å²) in [4.78, 5) is 9.74. The van der Waals surface area contributed by atoms with Crippen LogP contribution in [0.4, 0.5) is 0 Å². The standard InChI is InChI=1S/C4H3O.Bi.Cd.V/c1-2-3-4-5;;;/h1-2,4H;;;. The molecular formula is C4H3BiCdOV. The average Bonchev–Trinajstić information content (AvgIpc) is 1.31. The molecule has 0 atom stereocenters. The molecule has 0 spiro atoms. The zero-order valence-electron chi connectivity index (χ0n) is 4.24. The van der Waals surface area contributed by atoms with Crippen LogP contribution in [0.1, 0.15) is 0 Å². The van der Waals surface area contributed by atoms with E-state index in [1.165, 1.54) is 0 Å². The number of carbonyl (C=O) groups excluding carboxylic acids is 1. The predicted octanol–water partition coefficient (Wildman–Crippen LogP) is -0.416. The number of rotatable bonds is 1. The first-order chi connectivity index (χ1) is 2.93. The van der Waals surface area contributed by atoms with Crippen LogP contribution in [0, 0.1) is 0 Å². The van der Waals surface area contributed by atoms with E-state index < -0.39 is 22.8 Å². The molecule has 0 fully saturated rings. The fourth-order valence-electron chi connectivity index (χ4n) is 0.230. The molecule has 37 valence electrons. The molecule has 1 rings (SSSR count). The molecule has 0 aromatic rings. The quantitative estimate of drug-likeness (QED) is 0.401. The van der Waals surface area contributed by atoms with E-state index >= 15 is 0 Å². The van der Waals surface area contributed by atoms with Gasteiger partial charge in [0.15, 0.2) is 0 Å². The minimum Gasteiger partial charge on any atom is 0 e. The number of carbonyl (C=O) groups is 1. The molecule has 0 amide bonds. The van der Waals surface area contributed by atoms with Crippen molar-refractivity contribution in [2.75, 3.05) is 0 Å². The molecule has 0 aliphatic carbocycles. The van der Waals surface area contributed by atoms with Gasteiger partial charge in [0, 0.05) is 45.9 Å². The monoisotopic (exact) mass is 441 g/mol. The van der Waals surface area contributed by atoms with Gasteiger partial charge in [0.05, 0.1) is 0 Å². The maximum Gasteiger partial charge on any atom is 0 e. The molecule has 0 aromatic carbocycles. The summed E-state index contributed by atoms with van der Waals surface area (Å²) < 4.78 is 3.24. The van der Waals surface area contributed by atoms with E-state index in [9.17, 15) is 4.79 Å². The number of allylic oxidation sites excluding steroid dienone is 1. The smallest absolute Gasteiger partial charge is 0 e. The largest absolute Gasteiger partial charge is 0 e. The minimum absolute atomic E-state index is 0. The summed E-state index contributed by atoms with van der Waals surface area (Å²) in [6.45, 7) is 0. The van der Waals surface area contributed by atoms with Gasteiger partial charge in [-0.1, -0.05) is 0 Å². The van der Waals surface area contributed by atoms with E-state index in [1.807, 2.05) is 6.08 Å². The number of hydrogen-bond acceptors (Lipinski definition) is 1. The van der Waals surface area contributed by atoms with Crippen molar-refractivity contribution in [1.82, 2.24) is 0 Å². The van der Waals surface area contributed by atoms with Gasteiger partial charge in [0.25, 0.3) is 0 Å². The molecule has 1 aliphatic heterocycles. The topological polar surface area (TPSA) is 17.1 Å². The molecule has 0 saturated heterocycles. The third-order valence-electron chi connectivity index (χ3n) is 0.590. The zero-order chi connectivity index (χ0) is 4.41. The molecule has 0 N–H and O–H groups in total. The van der Waals surface area contributed by atoms with E-state index in [0.717, 1.165) is 9.49 Å². The third-order valence-corrected chi connectivity index (χ3v) is 3.90. The van der Waals surface area contributed by atoms with Crippen LogP contribution in [-0.4, -0.2) is 32.2 Å². The van der Waals surface area contributed by atoms with E-state index in [1.54, 1.807) is 0 Å². The summed E-state index contributed by atoms with van der Waals surface area (Å²) in [5, 5.41) is 0. The Kier molecular flexibility index (Phi) is 10.5. The second kappa shape index (κ2) is 6.78. The van der Waals surface area contributed by atoms with Gasteiger partial charge < -0.3 is 0 Å². The molecule has 0 bridgehead atoms. The van der Waals surface area contributed by atoms with Crippen molar-refractivity contribution in [3.05, 3.63) is 9.86 Å². The van der Waals surface area contributed by atoms with Gasteiger partial charge in [-0.05, 0) is 0 Å². The van der Waals surface area contributed by atoms with Gasteiger partial charge in [-0.25, -0.2) is 0 Å². The summed E-state index contributed by atoms with van der Waals surface area (Å²) in [6, 6.07) is 0. The Morgan fingerprint density at radius 2 is 2.12 bits per heavy atom. The van der Waals surface area contributed by atoms with E-state index in [-0.39, 0.29) is 45.9 Å². The van der Waals surface area contributed by atoms with Gasteiger partial charge in [-0.3, -0.25) is 0 Å². The molecule has 1 heterocycles. The molecule has 8 heavy (non-hydrogen) atoms. The summed E-state index contributed by atoms with van der Waals surface area (Å²) in [6.07, 6.45) is 2.88. The molecule has 0 aromatic heterocycles. The molecule has 0 unspecified atom stereocenters. The summed E-state index contributed by atoms with van der Waals surface area (Å²) in [7, 11) is 0. The van der Waals surface area contributed by atoms with Gasteiger partial charge in [-0.15, -0.1) is 0 Å². The van der Waals surface area contributed by atoms with Crippen molar-refractivity contribution in [2.45, 2.75) is 0 Å². The molecule has 1 nitrogen and oxygen atoms in total. The van der Waals surface area contributed by atoms with E-state index in [4.69, 9.17) is 0 Å². The maximum absolute atomic E-state index is 9.74. The Balaban J connectivity index is 0. The summed E-state index contributed by atoms with van der Waals surface area (Å²) in [5.74, 6) is 0. The number of aldehydes is 1. The van der Waals surface area contributed by atoms with E-state index in [0.29, 0.717) is 0 Å². The van der Waals surface area contributed by atoms with Crippen molar-refractivity contribution in [3.8, 4) is 0 Å². The first kappa shape index (κ1) is 12.4. The molecule has 1 aliphatic rings. The average molecular weight is 439 g/mol. The fourth-order valence-corrected chi connectivity index (χ4v) is 1.72. The van der Waals surface area contributed by atoms with Gasteiger partial charge in [-0.2, -0.15) is 0 Å². The Hall–Kier alpha value is 1.67. The fraction of sp³-hybridized carbons (Fsp3) is 0. The van der Waals surface area contributed by atoms with E-state index in [2.05, 4.69) is 3.78 Å². The Bertz CT molecular complexity index is 128. The maximum atomic E-state index is 9.74. The van der Waals surface area contributed by atoms with Crippen LogP contribution in [0.2, 0.25) is 0 Å². The van der Waals surface area contributed by atoms with Crippen molar-refractivity contribution >= 4 is 32.2 Å². The normalized spacial score (nSPS) is 11.8. The Morgan fingerprint density at radius 1 is 1.62 bits per heavy atom. The predicted molar refractivity (Wildman–Crippen MR) is 26.0 cm³/mol. The van der Waals surface area contributed by atoms with Crippen LogP contribution in [0.15, 0.2) is 9.86 Å². The second-order valence-electron chi connectivity index (χ2n) is 0.988. The summed E-state index contributed by atoms with van der Waals surface area (Å²) in [5.41, 5.74) is 0. The second-order valence-corrected chi connectivity index (χ2v) is 5.16. The number of hydrogen-bond donors (Lipinski definition) is 0. The Labute approximate surface area is 91.4 Å². The van der Waals surface area contributed by atoms with Crippen LogP contribution >= 0.6 is 0 Å². The van der Waals surface area contributed by atoms with Crippen LogP contribution in [0.5, 0.6) is 0 Å². The van der Waals surface area contributed by atoms with Crippen molar-refractivity contribution in [2.24, 2.45) is 0 Å². The van der Waals surface area contributed by atoms with Crippen LogP contribution in [0.25, 0.3) is 0 Å². The molecule has 4 heteroatoms. The van der Waals surface area contributed by atoms with Crippen molar-refractivity contribution < 1.29 is 50.6 Å². The van der Waals surface area contributed by atoms with Gasteiger partial charge in [0.1, 0.15) is 0 Å². The summed E-state index contributed by atoms with van der Waals surface area (Å²) >= 11 is -0.410. The minimum atomic E-state index is -0.410. The first-order valence-corrected chi connectivity index (χ1v) is 5.37. The SMILES string of the molecule is O=C[C]1=[Bi][CH]=C1.[Cd].[V]. The Morgan fingerprint density at radius 3 is 2.12 bits per heavy atom. The molecule has 0 saturated carbocycles. The van der Waals surface area contributed by atoms with Gasteiger partial charge >= 0.3 is 46.9 Å². The van der Waals surface area contributed by atoms with Crippen LogP contribution in [0.3, 0.4) is 0 Å². The van der Waals surface area contributed by atoms with Crippen LogP contribution < -0.4 is 0 Å². The molecular weight excluding hydrogens is 436 g/mol. The van der Waals surface area contributed by atoms with Crippen molar-refractivity contribution in [3.63, 3.8) is 0 Å². The zero-order valence-corrected chi connectivity index (χ0v) is 13.2. The van der Waals surface area contributed by atoms with Crippen molar-refractivity contribution in [1.29, 1.82) is 0 Å². The third kappa shape index (κ3) is 3.65. The van der Waals surface area contributed by atoms with Crippen LogP contribution in [-0.2, 0) is 50.6 Å². The molecule has 1 radical (unpaired) electrons.